The highest BCUT2D eigenvalue weighted by molar-refractivity contribution is 6.01. The van der Waals surface area contributed by atoms with Crippen molar-refractivity contribution in [3.63, 3.8) is 0 Å². The van der Waals surface area contributed by atoms with Gasteiger partial charge in [-0.2, -0.15) is 0 Å². The largest absolute Gasteiger partial charge is 0.481 e. The van der Waals surface area contributed by atoms with Gasteiger partial charge >= 0.3 is 11.9 Å². The number of hydrogen-bond acceptors (Lipinski definition) is 22. The van der Waals surface area contributed by atoms with Crippen molar-refractivity contribution >= 4 is 94.6 Å². The summed E-state index contributed by atoms with van der Waals surface area (Å²) in [5.41, 5.74) is 24.0. The summed E-state index contributed by atoms with van der Waals surface area (Å²) in [5.74, 6) is -18.4. The first kappa shape index (κ1) is 106. The maximum atomic E-state index is 15.0. The Morgan fingerprint density at radius 3 is 1.24 bits per heavy atom. The average Bonchev–Trinajstić information content (AvgIpc) is 1.07. The smallest absolute Gasteiger partial charge is 0.329 e. The minimum Gasteiger partial charge on any atom is -0.481 e. The summed E-state index contributed by atoms with van der Waals surface area (Å²) >= 11 is 0. The Morgan fingerprint density at radius 1 is 0.427 bits per heavy atom. The number of hydrogen-bond donors (Lipinski definition) is 20. The number of cyclic esters (lactones) is 1. The van der Waals surface area contributed by atoms with E-state index in [2.05, 4.69) is 81.4 Å². The second-order valence-electron chi connectivity index (χ2n) is 33.6. The van der Waals surface area contributed by atoms with E-state index in [1.54, 1.807) is 111 Å². The van der Waals surface area contributed by atoms with Crippen LogP contribution in [-0.4, -0.2) is 228 Å². The van der Waals surface area contributed by atoms with Crippen LogP contribution in [0.15, 0.2) is 0 Å². The van der Waals surface area contributed by atoms with E-state index in [1.165, 1.54) is 0 Å². The molecule has 24 N–H and O–H groups in total. The van der Waals surface area contributed by atoms with E-state index in [4.69, 9.17) is 27.7 Å². The zero-order valence-electron chi connectivity index (χ0n) is 72.4. The number of unbranched alkanes of at least 4 members (excludes halogenated alkanes) is 4. The van der Waals surface area contributed by atoms with Crippen molar-refractivity contribution in [2.45, 2.75) is 330 Å². The molecule has 1 rings (SSSR count). The average molecular weight is 1660 g/mol. The van der Waals surface area contributed by atoms with Crippen molar-refractivity contribution in [1.29, 1.82) is 0 Å². The van der Waals surface area contributed by atoms with Crippen LogP contribution in [0.1, 0.15) is 240 Å². The van der Waals surface area contributed by atoms with Crippen molar-refractivity contribution in [2.75, 3.05) is 32.8 Å². The SMILES string of the molecule is CCCCCCCC(O)CC(=O)NC(CC(C)C)C(=O)NC(CCC(=O)O)C(=O)NC(CCN)C(=O)NC(C(=O)NC(CC(C)C)C(=O)NC(CCN)C(=O)NC1COC(=O)C(C(C)CC)NC(=O)C(CCN)NC(=O)C(CC(C)C)NC(=O)C(CCN)NC(=O)C(CC(C)C)NC(=O)C(CC(C)C)NC(=O)C(C(C)C)NC1=O)C(C)C. The number of carboxylic acids is 1. The second kappa shape index (κ2) is 55.9. The van der Waals surface area contributed by atoms with E-state index in [-0.39, 0.29) is 126 Å². The zero-order valence-corrected chi connectivity index (χ0v) is 72.4. The lowest BCUT2D eigenvalue weighted by atomic mass is 9.98. The summed E-state index contributed by atoms with van der Waals surface area (Å²) in [6.45, 7) is 27.7. The molecule has 1 fully saturated rings. The van der Waals surface area contributed by atoms with Crippen molar-refractivity contribution in [1.82, 2.24) is 74.4 Å². The fourth-order valence-corrected chi connectivity index (χ4v) is 13.0. The molecule has 0 spiro atoms. The molecule has 0 aliphatic carbocycles. The normalized spacial score (nSPS) is 21.4. The number of aliphatic hydroxyl groups excluding tert-OH is 1. The molecule has 16 atom stereocenters. The Hall–Kier alpha value is -8.68. The molecule has 1 aliphatic rings. The minimum absolute atomic E-state index is 0.00405. The predicted octanol–water partition coefficient (Wildman–Crippen LogP) is -0.709. The molecule has 0 aromatic rings. The molecule has 14 amide bonds. The van der Waals surface area contributed by atoms with Crippen LogP contribution in [0.4, 0.5) is 0 Å². The highest BCUT2D eigenvalue weighted by Gasteiger charge is 2.41. The quantitative estimate of drug-likeness (QED) is 0.0264. The standard InChI is InChI=1S/C80H146N18O19/c1-18-20-21-22-23-24-50(99)40-62(100)85-56(35-42(3)4)72(108)86-51(25-26-63(101)102)67(103)87-54(29-33-83)70(106)96-64(47(13)14)78(114)93-59(38-45(9)10)75(111)89-53(28-32-82)69(105)95-61-41-117-80(116)66(49(17)19-2)98-71(107)55(30-34-84)90-73(109)57(36-43(5)6)91-68(104)52(27-31-81)88-74(110)58(37-44(7)8)92-76(112)60(39-46(11)12)94-79(115)65(48(15)16)97-77(61)113/h42-61,64-66,99H,18-41,81-84H2,1-17H3,(H,85,100)(H,86,108)(H,87,103)(H,88,110)(H,89,111)(H,90,109)(H,91,104)(H,92,112)(H,93,114)(H,94,115)(H,95,105)(H,96,106)(H,97,113)(H,98,107)(H,101,102). The molecular weight excluding hydrogens is 1520 g/mol. The maximum Gasteiger partial charge on any atom is 0.329 e. The zero-order chi connectivity index (χ0) is 89.1. The molecule has 0 saturated carbocycles. The number of amides is 14. The number of nitrogens with two attached hydrogens (primary N) is 4. The first-order chi connectivity index (χ1) is 54.9. The molecule has 0 bridgehead atoms. The summed E-state index contributed by atoms with van der Waals surface area (Å²) in [7, 11) is 0. The highest BCUT2D eigenvalue weighted by Crippen LogP contribution is 2.19. The molecule has 16 unspecified atom stereocenters. The third-order valence-electron chi connectivity index (χ3n) is 19.7. The van der Waals surface area contributed by atoms with Crippen LogP contribution in [0.25, 0.3) is 0 Å². The fraction of sp³-hybridized carbons (Fsp3) is 0.800. The Balaban J connectivity index is 4.02. The van der Waals surface area contributed by atoms with Gasteiger partial charge in [0.25, 0.3) is 0 Å². The summed E-state index contributed by atoms with van der Waals surface area (Å²) < 4.78 is 5.83. The highest BCUT2D eigenvalue weighted by atomic mass is 16.5. The number of esters is 1. The van der Waals surface area contributed by atoms with Gasteiger partial charge in [0.1, 0.15) is 91.2 Å². The number of ether oxygens (including phenoxy) is 1. The summed E-state index contributed by atoms with van der Waals surface area (Å²) in [6, 6.07) is -20.5. The first-order valence-electron chi connectivity index (χ1n) is 42.0. The van der Waals surface area contributed by atoms with Crippen LogP contribution < -0.4 is 97.4 Å². The monoisotopic (exact) mass is 1660 g/mol. The molecular formula is C80H146N18O19. The van der Waals surface area contributed by atoms with E-state index in [0.717, 1.165) is 25.7 Å². The van der Waals surface area contributed by atoms with Gasteiger partial charge in [-0.1, -0.05) is 156 Å². The van der Waals surface area contributed by atoms with Gasteiger partial charge in [0.05, 0.1) is 12.5 Å². The van der Waals surface area contributed by atoms with Crippen molar-refractivity contribution < 1.29 is 91.7 Å². The van der Waals surface area contributed by atoms with Gasteiger partial charge in [-0.3, -0.25) is 71.9 Å². The number of aliphatic carboxylic acids is 1. The van der Waals surface area contributed by atoms with Gasteiger partial charge in [0.2, 0.25) is 82.7 Å². The first-order valence-corrected chi connectivity index (χ1v) is 42.0. The Morgan fingerprint density at radius 2 is 0.821 bits per heavy atom. The van der Waals surface area contributed by atoms with Crippen LogP contribution in [0, 0.1) is 47.3 Å². The summed E-state index contributed by atoms with van der Waals surface area (Å²) in [6.07, 6.45) is 2.13. The number of aliphatic hydroxyl groups is 1. The number of carbonyl (C=O) groups excluding carboxylic acids is 15. The van der Waals surface area contributed by atoms with E-state index >= 15 is 4.79 Å². The maximum absolute atomic E-state index is 15.0. The lowest BCUT2D eigenvalue weighted by Gasteiger charge is -2.30. The number of carbonyl (C=O) groups is 16. The molecule has 0 aromatic heterocycles. The number of nitrogens with one attached hydrogen (secondary N) is 14. The van der Waals surface area contributed by atoms with Crippen molar-refractivity contribution in [2.24, 2.45) is 70.3 Å². The van der Waals surface area contributed by atoms with Gasteiger partial charge in [-0.05, 0) is 144 Å². The van der Waals surface area contributed by atoms with Gasteiger partial charge in [0, 0.05) is 6.42 Å². The molecule has 37 heteroatoms. The molecule has 0 aromatic carbocycles. The van der Waals surface area contributed by atoms with Crippen molar-refractivity contribution in [3.8, 4) is 0 Å². The van der Waals surface area contributed by atoms with Crippen LogP contribution in [0.3, 0.4) is 0 Å². The molecule has 1 aliphatic heterocycles. The molecule has 1 heterocycles. The van der Waals surface area contributed by atoms with E-state index in [0.29, 0.717) is 12.8 Å². The van der Waals surface area contributed by atoms with E-state index < -0.39 is 223 Å². The third kappa shape index (κ3) is 41.0. The third-order valence-corrected chi connectivity index (χ3v) is 19.7. The Bertz CT molecular complexity index is 3190. The number of carboxylic acid groups (broad SMARTS) is 1. The minimum atomic E-state index is -1.94. The van der Waals surface area contributed by atoms with Gasteiger partial charge in [-0.15, -0.1) is 0 Å². The topological polar surface area (TPSA) is 595 Å². The van der Waals surface area contributed by atoms with Crippen LogP contribution >= 0.6 is 0 Å². The lowest BCUT2D eigenvalue weighted by Crippen LogP contribution is -2.62. The Kier molecular flexibility index (Phi) is 50.8. The molecule has 0 radical (unpaired) electrons. The predicted molar refractivity (Wildman–Crippen MR) is 440 cm³/mol. The molecule has 37 nitrogen and oxygen atoms in total. The van der Waals surface area contributed by atoms with E-state index in [9.17, 15) is 82.1 Å². The Labute approximate surface area is 691 Å². The molecule has 1 saturated heterocycles. The lowest BCUT2D eigenvalue weighted by molar-refractivity contribution is -0.152. The van der Waals surface area contributed by atoms with Gasteiger partial charge in [-0.25, -0.2) is 4.79 Å². The molecule has 117 heavy (non-hydrogen) atoms. The summed E-state index contributed by atoms with van der Waals surface area (Å²) in [5, 5.41) is 57.2. The van der Waals surface area contributed by atoms with Crippen LogP contribution in [-0.2, 0) is 81.4 Å². The van der Waals surface area contributed by atoms with Crippen LogP contribution in [0.5, 0.6) is 0 Å². The summed E-state index contributed by atoms with van der Waals surface area (Å²) in [4.78, 5) is 228. The van der Waals surface area contributed by atoms with Gasteiger partial charge in [0.15, 0.2) is 0 Å². The number of rotatable bonds is 46. The van der Waals surface area contributed by atoms with E-state index in [1.807, 2.05) is 0 Å². The van der Waals surface area contributed by atoms with Gasteiger partial charge < -0.3 is 112 Å². The fourth-order valence-electron chi connectivity index (χ4n) is 13.0. The molecule has 670 valence electrons. The van der Waals surface area contributed by atoms with Crippen LogP contribution in [0.2, 0.25) is 0 Å². The second-order valence-corrected chi connectivity index (χ2v) is 33.6. The van der Waals surface area contributed by atoms with Crippen molar-refractivity contribution in [3.05, 3.63) is 0 Å².